The zero-order valence-corrected chi connectivity index (χ0v) is 15.6. The molecule has 1 aliphatic heterocycles. The van der Waals surface area contributed by atoms with Crippen LogP contribution in [0.4, 0.5) is 0 Å². The molecule has 0 spiro atoms. The molecule has 1 saturated heterocycles. The summed E-state index contributed by atoms with van der Waals surface area (Å²) < 4.78 is 7.63. The lowest BCUT2D eigenvalue weighted by Gasteiger charge is -2.23. The molecule has 25 heavy (non-hydrogen) atoms. The van der Waals surface area contributed by atoms with E-state index >= 15 is 0 Å². The van der Waals surface area contributed by atoms with Gasteiger partial charge in [-0.2, -0.15) is 0 Å². The number of benzene rings is 1. The summed E-state index contributed by atoms with van der Waals surface area (Å²) in [7, 11) is 0. The van der Waals surface area contributed by atoms with Crippen molar-refractivity contribution in [2.75, 3.05) is 13.2 Å². The van der Waals surface area contributed by atoms with Gasteiger partial charge in [0, 0.05) is 23.7 Å². The van der Waals surface area contributed by atoms with E-state index in [0.717, 1.165) is 42.1 Å². The van der Waals surface area contributed by atoms with Crippen LogP contribution in [-0.4, -0.2) is 29.7 Å². The molecule has 2 heterocycles. The number of ether oxygens (including phenoxy) is 1. The average molecular weight is 340 g/mol. The van der Waals surface area contributed by atoms with Gasteiger partial charge in [-0.1, -0.05) is 26.0 Å². The zero-order valence-electron chi connectivity index (χ0n) is 15.6. The summed E-state index contributed by atoms with van der Waals surface area (Å²) in [5, 5.41) is 3.12. The number of aryl methyl sites for hydroxylation is 1. The van der Waals surface area contributed by atoms with E-state index < -0.39 is 0 Å². The van der Waals surface area contributed by atoms with E-state index in [1.165, 1.54) is 5.56 Å². The number of carbonyl (C=O) groups is 1. The molecule has 0 radical (unpaired) electrons. The fraction of sp³-hybridized carbons (Fsp3) is 0.476. The van der Waals surface area contributed by atoms with Gasteiger partial charge in [-0.05, 0) is 56.4 Å². The summed E-state index contributed by atoms with van der Waals surface area (Å²) in [4.78, 5) is 12.7. The third-order valence-electron chi connectivity index (χ3n) is 4.97. The van der Waals surface area contributed by atoms with Gasteiger partial charge in [0.05, 0.1) is 18.2 Å². The molecule has 1 aromatic heterocycles. The molecular formula is C21H28N2O2. The lowest BCUT2D eigenvalue weighted by atomic mass is 10.0. The van der Waals surface area contributed by atoms with Gasteiger partial charge in [-0.15, -0.1) is 0 Å². The number of hydrogen-bond donors (Lipinski definition) is 1. The molecule has 3 rings (SSSR count). The van der Waals surface area contributed by atoms with Gasteiger partial charge < -0.3 is 14.6 Å². The third kappa shape index (κ3) is 3.79. The highest BCUT2D eigenvalue weighted by Gasteiger charge is 2.21. The quantitative estimate of drug-likeness (QED) is 0.909. The SMILES string of the molecule is Cc1cc(C(=O)NC2CCCOC2)c(C)n1-c1cccc(C(C)C)c1. The lowest BCUT2D eigenvalue weighted by Crippen LogP contribution is -2.40. The van der Waals surface area contributed by atoms with Crippen molar-refractivity contribution in [1.29, 1.82) is 0 Å². The van der Waals surface area contributed by atoms with Crippen LogP contribution in [0.5, 0.6) is 0 Å². The predicted molar refractivity (Wildman–Crippen MR) is 101 cm³/mol. The van der Waals surface area contributed by atoms with Crippen molar-refractivity contribution in [3.63, 3.8) is 0 Å². The van der Waals surface area contributed by atoms with E-state index in [0.29, 0.717) is 12.5 Å². The molecule has 1 aromatic carbocycles. The summed E-state index contributed by atoms with van der Waals surface area (Å²) in [6, 6.07) is 10.6. The van der Waals surface area contributed by atoms with Crippen LogP contribution in [0.3, 0.4) is 0 Å². The van der Waals surface area contributed by atoms with Gasteiger partial charge in [0.25, 0.3) is 5.91 Å². The van der Waals surface area contributed by atoms with Crippen molar-refractivity contribution < 1.29 is 9.53 Å². The standard InChI is InChI=1S/C21H28N2O2/c1-14(2)17-7-5-9-19(12-17)23-15(3)11-20(16(23)4)21(24)22-18-8-6-10-25-13-18/h5,7,9,11-12,14,18H,6,8,10,13H2,1-4H3,(H,22,24). The lowest BCUT2D eigenvalue weighted by molar-refractivity contribution is 0.0624. The highest BCUT2D eigenvalue weighted by Crippen LogP contribution is 2.24. The molecule has 2 aromatic rings. The second kappa shape index (κ2) is 7.44. The van der Waals surface area contributed by atoms with Crippen molar-refractivity contribution >= 4 is 5.91 Å². The van der Waals surface area contributed by atoms with Crippen LogP contribution in [0.1, 0.15) is 59.9 Å². The molecular weight excluding hydrogens is 312 g/mol. The smallest absolute Gasteiger partial charge is 0.253 e. The van der Waals surface area contributed by atoms with Crippen LogP contribution in [0.15, 0.2) is 30.3 Å². The first-order chi connectivity index (χ1) is 12.0. The molecule has 1 N–H and O–H groups in total. The van der Waals surface area contributed by atoms with E-state index in [9.17, 15) is 4.79 Å². The second-order valence-corrected chi connectivity index (χ2v) is 7.26. The first kappa shape index (κ1) is 17.7. The van der Waals surface area contributed by atoms with Crippen LogP contribution in [0, 0.1) is 13.8 Å². The van der Waals surface area contributed by atoms with Crippen LogP contribution in [-0.2, 0) is 4.74 Å². The minimum Gasteiger partial charge on any atom is -0.379 e. The minimum absolute atomic E-state index is 0.00476. The van der Waals surface area contributed by atoms with Gasteiger partial charge in [0.1, 0.15) is 0 Å². The van der Waals surface area contributed by atoms with Crippen molar-refractivity contribution in [3.05, 3.63) is 52.8 Å². The van der Waals surface area contributed by atoms with E-state index in [-0.39, 0.29) is 11.9 Å². The molecule has 1 atom stereocenters. The van der Waals surface area contributed by atoms with E-state index in [4.69, 9.17) is 4.74 Å². The average Bonchev–Trinajstić information content (AvgIpc) is 2.90. The Hall–Kier alpha value is -2.07. The summed E-state index contributed by atoms with van der Waals surface area (Å²) in [5.41, 5.74) is 5.21. The number of amides is 1. The van der Waals surface area contributed by atoms with Gasteiger partial charge in [-0.3, -0.25) is 4.79 Å². The summed E-state index contributed by atoms with van der Waals surface area (Å²) >= 11 is 0. The fourth-order valence-corrected chi connectivity index (χ4v) is 3.53. The predicted octanol–water partition coefficient (Wildman–Crippen LogP) is 4.13. The Morgan fingerprint density at radius 1 is 1.28 bits per heavy atom. The Balaban J connectivity index is 1.87. The molecule has 0 aliphatic carbocycles. The fourth-order valence-electron chi connectivity index (χ4n) is 3.53. The van der Waals surface area contributed by atoms with Crippen LogP contribution >= 0.6 is 0 Å². The Morgan fingerprint density at radius 3 is 2.76 bits per heavy atom. The third-order valence-corrected chi connectivity index (χ3v) is 4.97. The monoisotopic (exact) mass is 340 g/mol. The molecule has 1 fully saturated rings. The Labute approximate surface area is 150 Å². The Bertz CT molecular complexity index is 755. The van der Waals surface area contributed by atoms with Gasteiger partial charge in [-0.25, -0.2) is 0 Å². The number of rotatable bonds is 4. The maximum absolute atomic E-state index is 12.7. The number of aromatic nitrogens is 1. The van der Waals surface area contributed by atoms with E-state index in [1.54, 1.807) is 0 Å². The highest BCUT2D eigenvalue weighted by atomic mass is 16.5. The van der Waals surface area contributed by atoms with E-state index in [2.05, 4.69) is 54.9 Å². The van der Waals surface area contributed by atoms with Gasteiger partial charge in [0.2, 0.25) is 0 Å². The van der Waals surface area contributed by atoms with Crippen molar-refractivity contribution in [2.24, 2.45) is 0 Å². The molecule has 4 nitrogen and oxygen atoms in total. The number of carbonyl (C=O) groups excluding carboxylic acids is 1. The second-order valence-electron chi connectivity index (χ2n) is 7.26. The molecule has 4 heteroatoms. The molecule has 0 bridgehead atoms. The van der Waals surface area contributed by atoms with Crippen LogP contribution in [0.2, 0.25) is 0 Å². The van der Waals surface area contributed by atoms with Crippen LogP contribution < -0.4 is 5.32 Å². The van der Waals surface area contributed by atoms with Crippen molar-refractivity contribution in [3.8, 4) is 5.69 Å². The van der Waals surface area contributed by atoms with Crippen LogP contribution in [0.25, 0.3) is 5.69 Å². The summed E-state index contributed by atoms with van der Waals surface area (Å²) in [5.74, 6) is 0.472. The van der Waals surface area contributed by atoms with Crippen molar-refractivity contribution in [1.82, 2.24) is 9.88 Å². The number of nitrogens with one attached hydrogen (secondary N) is 1. The first-order valence-corrected chi connectivity index (χ1v) is 9.15. The first-order valence-electron chi connectivity index (χ1n) is 9.15. The number of nitrogens with zero attached hydrogens (tertiary/aromatic N) is 1. The molecule has 1 amide bonds. The topological polar surface area (TPSA) is 43.3 Å². The van der Waals surface area contributed by atoms with Gasteiger partial charge >= 0.3 is 0 Å². The van der Waals surface area contributed by atoms with Gasteiger partial charge in [0.15, 0.2) is 0 Å². The molecule has 134 valence electrons. The maximum atomic E-state index is 12.7. The van der Waals surface area contributed by atoms with E-state index in [1.807, 2.05) is 13.0 Å². The van der Waals surface area contributed by atoms with Crippen molar-refractivity contribution in [2.45, 2.75) is 52.5 Å². The normalized spacial score (nSPS) is 17.7. The molecule has 1 aliphatic rings. The minimum atomic E-state index is -0.00476. The summed E-state index contributed by atoms with van der Waals surface area (Å²) in [6.45, 7) is 9.87. The molecule has 0 saturated carbocycles. The highest BCUT2D eigenvalue weighted by molar-refractivity contribution is 5.96. The largest absolute Gasteiger partial charge is 0.379 e. The zero-order chi connectivity index (χ0) is 18.0. The Kier molecular flexibility index (Phi) is 5.28. The summed E-state index contributed by atoms with van der Waals surface area (Å²) in [6.07, 6.45) is 1.99. The number of hydrogen-bond acceptors (Lipinski definition) is 2. The Morgan fingerprint density at radius 2 is 2.08 bits per heavy atom. The maximum Gasteiger partial charge on any atom is 0.253 e. The molecule has 1 unspecified atom stereocenters.